The van der Waals surface area contributed by atoms with Crippen LogP contribution in [0.4, 0.5) is 0 Å². The third kappa shape index (κ3) is 2.95. The fraction of sp³-hybridized carbons (Fsp3) is 0.647. The molecule has 1 N–H and O–H groups in total. The Bertz CT molecular complexity index is 390. The highest BCUT2D eigenvalue weighted by Gasteiger charge is 2.32. The quantitative estimate of drug-likeness (QED) is 0.763. The highest BCUT2D eigenvalue weighted by atomic mass is 16.3. The molecule has 18 heavy (non-hydrogen) atoms. The molecule has 1 heteroatoms. The van der Waals surface area contributed by atoms with Crippen LogP contribution in [-0.2, 0) is 5.60 Å². The monoisotopic (exact) mass is 246 g/mol. The van der Waals surface area contributed by atoms with Crippen LogP contribution >= 0.6 is 0 Å². The molecule has 1 aromatic rings. The average molecular weight is 246 g/mol. The highest BCUT2D eigenvalue weighted by molar-refractivity contribution is 5.32. The molecular weight excluding hydrogens is 220 g/mol. The van der Waals surface area contributed by atoms with Crippen LogP contribution in [0.15, 0.2) is 18.2 Å². The number of rotatable bonds is 2. The van der Waals surface area contributed by atoms with Crippen molar-refractivity contribution in [3.8, 4) is 0 Å². The topological polar surface area (TPSA) is 20.2 Å². The largest absolute Gasteiger partial charge is 0.385 e. The lowest BCUT2D eigenvalue weighted by Gasteiger charge is -2.28. The summed E-state index contributed by atoms with van der Waals surface area (Å²) in [5.74, 6) is 0.810. The molecule has 0 aromatic heterocycles. The highest BCUT2D eigenvalue weighted by Crippen LogP contribution is 2.39. The summed E-state index contributed by atoms with van der Waals surface area (Å²) in [4.78, 5) is 0. The van der Waals surface area contributed by atoms with Gasteiger partial charge in [-0.05, 0) is 51.0 Å². The molecule has 2 rings (SSSR count). The Balaban J connectivity index is 2.24. The van der Waals surface area contributed by atoms with Crippen molar-refractivity contribution in [2.45, 2.75) is 64.9 Å². The van der Waals surface area contributed by atoms with Crippen LogP contribution in [0.25, 0.3) is 0 Å². The molecule has 1 aliphatic carbocycles. The van der Waals surface area contributed by atoms with E-state index in [2.05, 4.69) is 39.0 Å². The first kappa shape index (κ1) is 13.6. The van der Waals surface area contributed by atoms with Crippen molar-refractivity contribution in [1.82, 2.24) is 0 Å². The SMILES string of the molecule is CCC1CCCC(O)(c2cc(C)cc(C)c2)CC1. The van der Waals surface area contributed by atoms with Crippen LogP contribution in [0.3, 0.4) is 0 Å². The number of hydrogen-bond donors (Lipinski definition) is 1. The van der Waals surface area contributed by atoms with Gasteiger partial charge in [-0.3, -0.25) is 0 Å². The van der Waals surface area contributed by atoms with E-state index in [1.807, 2.05) is 0 Å². The van der Waals surface area contributed by atoms with Crippen LogP contribution in [0.5, 0.6) is 0 Å². The van der Waals surface area contributed by atoms with Crippen molar-refractivity contribution in [2.75, 3.05) is 0 Å². The molecule has 0 saturated heterocycles. The fourth-order valence-electron chi connectivity index (χ4n) is 3.34. The van der Waals surface area contributed by atoms with E-state index >= 15 is 0 Å². The van der Waals surface area contributed by atoms with Crippen LogP contribution in [-0.4, -0.2) is 5.11 Å². The lowest BCUT2D eigenvalue weighted by Crippen LogP contribution is -2.25. The lowest BCUT2D eigenvalue weighted by molar-refractivity contribution is 0.0195. The Morgan fingerprint density at radius 3 is 2.39 bits per heavy atom. The smallest absolute Gasteiger partial charge is 0.0896 e. The van der Waals surface area contributed by atoms with Crippen molar-refractivity contribution < 1.29 is 5.11 Å². The Hall–Kier alpha value is -0.820. The van der Waals surface area contributed by atoms with Gasteiger partial charge in [0, 0.05) is 0 Å². The second-order valence-electron chi connectivity index (χ2n) is 6.11. The first-order chi connectivity index (χ1) is 8.53. The molecule has 1 saturated carbocycles. The Morgan fingerprint density at radius 1 is 1.11 bits per heavy atom. The lowest BCUT2D eigenvalue weighted by atomic mass is 9.84. The van der Waals surface area contributed by atoms with Crippen molar-refractivity contribution in [2.24, 2.45) is 5.92 Å². The predicted molar refractivity (Wildman–Crippen MR) is 76.7 cm³/mol. The van der Waals surface area contributed by atoms with Gasteiger partial charge in [-0.2, -0.15) is 0 Å². The van der Waals surface area contributed by atoms with Crippen molar-refractivity contribution >= 4 is 0 Å². The third-order valence-electron chi connectivity index (χ3n) is 4.51. The molecule has 1 fully saturated rings. The Kier molecular flexibility index (Phi) is 4.11. The molecule has 0 spiro atoms. The molecule has 0 heterocycles. The number of aliphatic hydroxyl groups is 1. The van der Waals surface area contributed by atoms with Gasteiger partial charge >= 0.3 is 0 Å². The van der Waals surface area contributed by atoms with E-state index in [0.29, 0.717) is 0 Å². The minimum absolute atomic E-state index is 0.583. The number of hydrogen-bond acceptors (Lipinski definition) is 1. The molecule has 0 amide bonds. The summed E-state index contributed by atoms with van der Waals surface area (Å²) in [7, 11) is 0. The van der Waals surface area contributed by atoms with Crippen molar-refractivity contribution in [1.29, 1.82) is 0 Å². The van der Waals surface area contributed by atoms with Gasteiger partial charge in [-0.15, -0.1) is 0 Å². The first-order valence-electron chi connectivity index (χ1n) is 7.34. The average Bonchev–Trinajstić information content (AvgIpc) is 2.51. The molecule has 0 radical (unpaired) electrons. The molecule has 0 bridgehead atoms. The summed E-state index contributed by atoms with van der Waals surface area (Å²) >= 11 is 0. The van der Waals surface area contributed by atoms with Gasteiger partial charge < -0.3 is 5.11 Å². The molecule has 0 aliphatic heterocycles. The van der Waals surface area contributed by atoms with E-state index in [9.17, 15) is 5.11 Å². The van der Waals surface area contributed by atoms with Crippen molar-refractivity contribution in [3.63, 3.8) is 0 Å². The minimum Gasteiger partial charge on any atom is -0.385 e. The summed E-state index contributed by atoms with van der Waals surface area (Å²) in [5, 5.41) is 11.0. The standard InChI is InChI=1S/C17H26O/c1-4-15-6-5-8-17(18,9-7-15)16-11-13(2)10-14(3)12-16/h10-12,15,18H,4-9H2,1-3H3. The zero-order valence-electron chi connectivity index (χ0n) is 12.0. The normalized spacial score (nSPS) is 29.0. The van der Waals surface area contributed by atoms with Crippen LogP contribution in [0.1, 0.15) is 62.1 Å². The maximum absolute atomic E-state index is 11.0. The second-order valence-corrected chi connectivity index (χ2v) is 6.11. The zero-order valence-corrected chi connectivity index (χ0v) is 12.0. The molecule has 2 unspecified atom stereocenters. The van der Waals surface area contributed by atoms with Crippen LogP contribution in [0.2, 0.25) is 0 Å². The van der Waals surface area contributed by atoms with Gasteiger partial charge in [0.15, 0.2) is 0 Å². The molecular formula is C17H26O. The van der Waals surface area contributed by atoms with E-state index in [0.717, 1.165) is 30.7 Å². The van der Waals surface area contributed by atoms with E-state index in [-0.39, 0.29) is 0 Å². The van der Waals surface area contributed by atoms with Crippen molar-refractivity contribution in [3.05, 3.63) is 34.9 Å². The summed E-state index contributed by atoms with van der Waals surface area (Å²) in [6.07, 6.45) is 6.70. The van der Waals surface area contributed by atoms with E-state index in [1.165, 1.54) is 30.4 Å². The maximum atomic E-state index is 11.0. The first-order valence-corrected chi connectivity index (χ1v) is 7.34. The maximum Gasteiger partial charge on any atom is 0.0896 e. The summed E-state index contributed by atoms with van der Waals surface area (Å²) in [5.41, 5.74) is 3.07. The second kappa shape index (κ2) is 5.44. The van der Waals surface area contributed by atoms with Gasteiger partial charge in [0.25, 0.3) is 0 Å². The predicted octanol–water partition coefficient (Wildman–Crippen LogP) is 4.48. The molecule has 1 aromatic carbocycles. The minimum atomic E-state index is -0.583. The summed E-state index contributed by atoms with van der Waals surface area (Å²) in [6.45, 7) is 6.50. The van der Waals surface area contributed by atoms with Crippen LogP contribution in [0, 0.1) is 19.8 Å². The Labute approximate surface area is 111 Å². The third-order valence-corrected chi connectivity index (χ3v) is 4.51. The number of aryl methyl sites for hydroxylation is 2. The number of benzene rings is 1. The van der Waals surface area contributed by atoms with Gasteiger partial charge in [0.1, 0.15) is 0 Å². The Morgan fingerprint density at radius 2 is 1.78 bits per heavy atom. The van der Waals surface area contributed by atoms with E-state index in [4.69, 9.17) is 0 Å². The molecule has 1 nitrogen and oxygen atoms in total. The van der Waals surface area contributed by atoms with E-state index < -0.39 is 5.60 Å². The van der Waals surface area contributed by atoms with E-state index in [1.54, 1.807) is 0 Å². The molecule has 2 atom stereocenters. The summed E-state index contributed by atoms with van der Waals surface area (Å²) < 4.78 is 0. The fourth-order valence-corrected chi connectivity index (χ4v) is 3.34. The van der Waals surface area contributed by atoms with Gasteiger partial charge in [-0.25, -0.2) is 0 Å². The van der Waals surface area contributed by atoms with Gasteiger partial charge in [0.2, 0.25) is 0 Å². The summed E-state index contributed by atoms with van der Waals surface area (Å²) in [6, 6.07) is 6.51. The van der Waals surface area contributed by atoms with Crippen LogP contribution < -0.4 is 0 Å². The molecule has 1 aliphatic rings. The van der Waals surface area contributed by atoms with Gasteiger partial charge in [0.05, 0.1) is 5.60 Å². The molecule has 100 valence electrons. The van der Waals surface area contributed by atoms with Gasteiger partial charge in [-0.1, -0.05) is 49.1 Å². The zero-order chi connectivity index (χ0) is 13.2.